The van der Waals surface area contributed by atoms with E-state index in [0.717, 1.165) is 5.56 Å². The molecule has 1 saturated heterocycles. The van der Waals surface area contributed by atoms with Gasteiger partial charge in [-0.3, -0.25) is 14.4 Å². The molecular formula is C22H24ClN3O3. The third kappa shape index (κ3) is 5.35. The van der Waals surface area contributed by atoms with Gasteiger partial charge in [0.25, 0.3) is 5.91 Å². The molecule has 1 aliphatic heterocycles. The highest BCUT2D eigenvalue weighted by Crippen LogP contribution is 2.23. The molecule has 3 amide bonds. The molecule has 1 heterocycles. The molecule has 0 aliphatic carbocycles. The molecule has 2 aromatic rings. The number of carbonyl (C=O) groups is 3. The van der Waals surface area contributed by atoms with E-state index in [2.05, 4.69) is 5.32 Å². The molecular weight excluding hydrogens is 390 g/mol. The number of hydrogen-bond donors (Lipinski definition) is 2. The van der Waals surface area contributed by atoms with E-state index in [4.69, 9.17) is 17.3 Å². The largest absolute Gasteiger partial charge is 0.369 e. The van der Waals surface area contributed by atoms with Gasteiger partial charge >= 0.3 is 0 Å². The molecule has 0 bridgehead atoms. The second-order valence-electron chi connectivity index (χ2n) is 7.18. The van der Waals surface area contributed by atoms with Crippen molar-refractivity contribution in [2.24, 2.45) is 11.7 Å². The van der Waals surface area contributed by atoms with Crippen LogP contribution in [0.5, 0.6) is 0 Å². The van der Waals surface area contributed by atoms with E-state index in [1.165, 1.54) is 0 Å². The van der Waals surface area contributed by atoms with Crippen LogP contribution in [0.25, 0.3) is 0 Å². The van der Waals surface area contributed by atoms with Crippen LogP contribution >= 0.6 is 11.6 Å². The summed E-state index contributed by atoms with van der Waals surface area (Å²) in [6.07, 6.45) is 1.27. The van der Waals surface area contributed by atoms with Crippen molar-refractivity contribution in [1.82, 2.24) is 10.2 Å². The molecule has 29 heavy (non-hydrogen) atoms. The van der Waals surface area contributed by atoms with Gasteiger partial charge in [0.15, 0.2) is 0 Å². The Bertz CT molecular complexity index is 880. The monoisotopic (exact) mass is 413 g/mol. The van der Waals surface area contributed by atoms with Gasteiger partial charge in [0.2, 0.25) is 11.8 Å². The lowest BCUT2D eigenvalue weighted by atomic mass is 9.95. The van der Waals surface area contributed by atoms with Crippen LogP contribution in [0.2, 0.25) is 5.02 Å². The fraction of sp³-hybridized carbons (Fsp3) is 0.318. The van der Waals surface area contributed by atoms with Gasteiger partial charge in [0.05, 0.1) is 23.0 Å². The van der Waals surface area contributed by atoms with E-state index in [1.807, 2.05) is 30.3 Å². The number of hydrogen-bond acceptors (Lipinski definition) is 3. The van der Waals surface area contributed by atoms with Crippen LogP contribution in [0, 0.1) is 5.92 Å². The Morgan fingerprint density at radius 3 is 2.28 bits per heavy atom. The van der Waals surface area contributed by atoms with Gasteiger partial charge in [-0.1, -0.05) is 54.1 Å². The number of nitrogens with two attached hydrogens (primary N) is 1. The van der Waals surface area contributed by atoms with Crippen molar-refractivity contribution in [3.63, 3.8) is 0 Å². The minimum Gasteiger partial charge on any atom is -0.369 e. The molecule has 1 unspecified atom stereocenters. The minimum absolute atomic E-state index is 0.0683. The Morgan fingerprint density at radius 2 is 1.66 bits per heavy atom. The standard InChI is InChI=1S/C22H24ClN3O3/c23-18-9-5-4-8-17(18)22(29)25-19(15-6-2-1-3-7-15)14-20(27)26-12-10-16(11-13-26)21(24)28/h1-9,16,19H,10-14H2,(H2,24,28)(H,25,29). The highest BCUT2D eigenvalue weighted by atomic mass is 35.5. The average molecular weight is 414 g/mol. The first-order valence-corrected chi connectivity index (χ1v) is 10.0. The number of halogens is 1. The fourth-order valence-corrected chi connectivity index (χ4v) is 3.76. The lowest BCUT2D eigenvalue weighted by Gasteiger charge is -2.32. The van der Waals surface area contributed by atoms with Crippen molar-refractivity contribution in [2.75, 3.05) is 13.1 Å². The molecule has 0 aromatic heterocycles. The molecule has 3 N–H and O–H groups in total. The number of benzene rings is 2. The van der Waals surface area contributed by atoms with Crippen LogP contribution in [-0.4, -0.2) is 35.7 Å². The zero-order chi connectivity index (χ0) is 20.8. The Labute approximate surface area is 175 Å². The van der Waals surface area contributed by atoms with E-state index in [0.29, 0.717) is 36.5 Å². The summed E-state index contributed by atoms with van der Waals surface area (Å²) in [6.45, 7) is 0.985. The van der Waals surface area contributed by atoms with Crippen molar-refractivity contribution in [2.45, 2.75) is 25.3 Å². The summed E-state index contributed by atoms with van der Waals surface area (Å²) in [5.74, 6) is -0.888. The summed E-state index contributed by atoms with van der Waals surface area (Å²) in [7, 11) is 0. The number of likely N-dealkylation sites (tertiary alicyclic amines) is 1. The summed E-state index contributed by atoms with van der Waals surface area (Å²) in [6, 6.07) is 15.7. The topological polar surface area (TPSA) is 92.5 Å². The van der Waals surface area contributed by atoms with Crippen molar-refractivity contribution >= 4 is 29.3 Å². The summed E-state index contributed by atoms with van der Waals surface area (Å²) >= 11 is 6.14. The lowest BCUT2D eigenvalue weighted by Crippen LogP contribution is -2.43. The van der Waals surface area contributed by atoms with Crippen molar-refractivity contribution < 1.29 is 14.4 Å². The molecule has 1 aliphatic rings. The number of rotatable bonds is 6. The number of piperidine rings is 1. The fourth-order valence-electron chi connectivity index (χ4n) is 3.54. The van der Waals surface area contributed by atoms with Crippen molar-refractivity contribution in [3.8, 4) is 0 Å². The zero-order valence-electron chi connectivity index (χ0n) is 16.0. The van der Waals surface area contributed by atoms with Gasteiger partial charge in [-0.25, -0.2) is 0 Å². The molecule has 0 spiro atoms. The van der Waals surface area contributed by atoms with E-state index >= 15 is 0 Å². The van der Waals surface area contributed by atoms with Gasteiger partial charge in [0.1, 0.15) is 0 Å². The highest BCUT2D eigenvalue weighted by Gasteiger charge is 2.28. The summed E-state index contributed by atoms with van der Waals surface area (Å²) in [4.78, 5) is 38.7. The number of primary amides is 1. The van der Waals surface area contributed by atoms with Gasteiger partial charge in [-0.15, -0.1) is 0 Å². The van der Waals surface area contributed by atoms with Gasteiger partial charge in [-0.2, -0.15) is 0 Å². The molecule has 7 heteroatoms. The third-order valence-corrected chi connectivity index (χ3v) is 5.58. The van der Waals surface area contributed by atoms with Crippen LogP contribution < -0.4 is 11.1 Å². The normalized spacial score (nSPS) is 15.6. The Balaban J connectivity index is 1.71. The van der Waals surface area contributed by atoms with Gasteiger partial charge < -0.3 is 16.0 Å². The number of carbonyl (C=O) groups excluding carboxylic acids is 3. The molecule has 1 fully saturated rings. The lowest BCUT2D eigenvalue weighted by molar-refractivity contribution is -0.135. The van der Waals surface area contributed by atoms with E-state index in [-0.39, 0.29) is 30.1 Å². The van der Waals surface area contributed by atoms with E-state index in [1.54, 1.807) is 29.2 Å². The molecule has 2 aromatic carbocycles. The first-order valence-electron chi connectivity index (χ1n) is 9.63. The van der Waals surface area contributed by atoms with Gasteiger partial charge in [-0.05, 0) is 30.5 Å². The van der Waals surface area contributed by atoms with Gasteiger partial charge in [0, 0.05) is 19.0 Å². The smallest absolute Gasteiger partial charge is 0.253 e. The van der Waals surface area contributed by atoms with Crippen LogP contribution in [0.15, 0.2) is 54.6 Å². The molecule has 6 nitrogen and oxygen atoms in total. The molecule has 1 atom stereocenters. The maximum absolute atomic E-state index is 12.9. The number of nitrogens with one attached hydrogen (secondary N) is 1. The maximum Gasteiger partial charge on any atom is 0.253 e. The second-order valence-corrected chi connectivity index (χ2v) is 7.59. The molecule has 0 saturated carbocycles. The summed E-state index contributed by atoms with van der Waals surface area (Å²) in [5.41, 5.74) is 6.57. The van der Waals surface area contributed by atoms with Crippen molar-refractivity contribution in [3.05, 3.63) is 70.7 Å². The molecule has 152 valence electrons. The molecule has 0 radical (unpaired) electrons. The van der Waals surface area contributed by atoms with Crippen molar-refractivity contribution in [1.29, 1.82) is 0 Å². The third-order valence-electron chi connectivity index (χ3n) is 5.25. The zero-order valence-corrected chi connectivity index (χ0v) is 16.8. The number of amides is 3. The molecule has 3 rings (SSSR count). The average Bonchev–Trinajstić information content (AvgIpc) is 2.74. The minimum atomic E-state index is -0.485. The SMILES string of the molecule is NC(=O)C1CCN(C(=O)CC(NC(=O)c2ccccc2Cl)c2ccccc2)CC1. The Kier molecular flexibility index (Phi) is 6.88. The van der Waals surface area contributed by atoms with Crippen LogP contribution in [-0.2, 0) is 9.59 Å². The number of nitrogens with zero attached hydrogens (tertiary/aromatic N) is 1. The predicted octanol–water partition coefficient (Wildman–Crippen LogP) is 2.93. The predicted molar refractivity (Wildman–Crippen MR) is 111 cm³/mol. The van der Waals surface area contributed by atoms with Crippen LogP contribution in [0.1, 0.15) is 41.2 Å². The quantitative estimate of drug-likeness (QED) is 0.762. The highest BCUT2D eigenvalue weighted by molar-refractivity contribution is 6.33. The second kappa shape index (κ2) is 9.56. The Hall–Kier alpha value is -2.86. The van der Waals surface area contributed by atoms with E-state index < -0.39 is 6.04 Å². The Morgan fingerprint density at radius 1 is 1.03 bits per heavy atom. The summed E-state index contributed by atoms with van der Waals surface area (Å²) in [5, 5.41) is 3.30. The first-order chi connectivity index (χ1) is 14.0. The van der Waals surface area contributed by atoms with Crippen LogP contribution in [0.3, 0.4) is 0 Å². The summed E-state index contributed by atoms with van der Waals surface area (Å²) < 4.78 is 0. The first kappa shape index (κ1) is 20.9. The maximum atomic E-state index is 12.9. The van der Waals surface area contributed by atoms with Crippen LogP contribution in [0.4, 0.5) is 0 Å². The van der Waals surface area contributed by atoms with E-state index in [9.17, 15) is 14.4 Å².